The number of carboxylic acid groups (broad SMARTS) is 1. The van der Waals surface area contributed by atoms with Crippen LogP contribution in [-0.2, 0) is 14.4 Å². The fraction of sp³-hybridized carbons (Fsp3) is 0.556. The van der Waals surface area contributed by atoms with E-state index in [1.165, 1.54) is 4.90 Å². The van der Waals surface area contributed by atoms with Gasteiger partial charge in [-0.2, -0.15) is 0 Å². The summed E-state index contributed by atoms with van der Waals surface area (Å²) in [4.78, 5) is 45.9. The largest absolute Gasteiger partial charge is 0.465 e. The highest BCUT2D eigenvalue weighted by atomic mass is 16.7. The molecule has 0 spiro atoms. The highest BCUT2D eigenvalue weighted by Crippen LogP contribution is 2.35. The third kappa shape index (κ3) is 5.81. The zero-order valence-corrected chi connectivity index (χ0v) is 16.4. The number of hydrogen-bond donors (Lipinski definition) is 3. The van der Waals surface area contributed by atoms with E-state index in [1.54, 1.807) is 46.0 Å². The molecule has 10 nitrogen and oxygen atoms in total. The van der Waals surface area contributed by atoms with Gasteiger partial charge in [0.25, 0.3) is 0 Å². The van der Waals surface area contributed by atoms with Gasteiger partial charge in [-0.05, 0) is 52.2 Å². The minimum atomic E-state index is -1.05. The number of ether oxygens (including phenoxy) is 1. The van der Waals surface area contributed by atoms with Crippen molar-refractivity contribution in [3.63, 3.8) is 0 Å². The summed E-state index contributed by atoms with van der Waals surface area (Å²) in [6.45, 7) is 7.09. The number of aromatic nitrogens is 1. The van der Waals surface area contributed by atoms with E-state index in [0.717, 1.165) is 5.56 Å². The summed E-state index contributed by atoms with van der Waals surface area (Å²) >= 11 is 0. The molecule has 3 N–H and O–H groups in total. The van der Waals surface area contributed by atoms with Crippen molar-refractivity contribution >= 4 is 18.2 Å². The number of nitrogens with one attached hydrogen (secondary N) is 2. The van der Waals surface area contributed by atoms with E-state index < -0.39 is 35.7 Å². The van der Waals surface area contributed by atoms with Crippen LogP contribution in [-0.4, -0.2) is 45.3 Å². The summed E-state index contributed by atoms with van der Waals surface area (Å²) in [5.74, 6) is -1.12. The van der Waals surface area contributed by atoms with Crippen molar-refractivity contribution in [1.82, 2.24) is 20.9 Å². The van der Waals surface area contributed by atoms with Gasteiger partial charge in [-0.3, -0.25) is 4.98 Å². The number of likely N-dealkylation sites (tertiary alicyclic amines) is 1. The van der Waals surface area contributed by atoms with Crippen molar-refractivity contribution in [1.29, 1.82) is 0 Å². The summed E-state index contributed by atoms with van der Waals surface area (Å²) in [7, 11) is 0. The predicted molar refractivity (Wildman–Crippen MR) is 97.8 cm³/mol. The van der Waals surface area contributed by atoms with Crippen molar-refractivity contribution in [3.05, 3.63) is 29.6 Å². The van der Waals surface area contributed by atoms with Crippen molar-refractivity contribution in [2.45, 2.75) is 52.2 Å². The maximum atomic E-state index is 12.3. The normalized spacial score (nSPS) is 19.6. The monoisotopic (exact) mass is 394 g/mol. The van der Waals surface area contributed by atoms with E-state index in [2.05, 4.69) is 16.0 Å². The molecule has 0 bridgehead atoms. The topological polar surface area (TPSA) is 130 Å². The van der Waals surface area contributed by atoms with Crippen molar-refractivity contribution in [2.24, 2.45) is 5.92 Å². The van der Waals surface area contributed by atoms with E-state index in [0.29, 0.717) is 12.1 Å². The van der Waals surface area contributed by atoms with Crippen LogP contribution in [0.25, 0.3) is 0 Å². The number of carbonyl (C=O) groups is 3. The first kappa shape index (κ1) is 21.4. The first-order chi connectivity index (χ1) is 13.1. The molecular formula is C18H26N4O6. The van der Waals surface area contributed by atoms with Crippen LogP contribution >= 0.6 is 0 Å². The maximum Gasteiger partial charge on any atom is 0.424 e. The van der Waals surface area contributed by atoms with Gasteiger partial charge in [0, 0.05) is 18.4 Å². The lowest BCUT2D eigenvalue weighted by Gasteiger charge is -2.37. The van der Waals surface area contributed by atoms with E-state index in [-0.39, 0.29) is 13.0 Å². The zero-order valence-electron chi connectivity index (χ0n) is 16.4. The van der Waals surface area contributed by atoms with Gasteiger partial charge in [-0.25, -0.2) is 19.8 Å². The molecule has 0 aliphatic carbocycles. The summed E-state index contributed by atoms with van der Waals surface area (Å²) in [5, 5.41) is 9.50. The van der Waals surface area contributed by atoms with E-state index in [4.69, 9.17) is 9.57 Å². The standard InChI is InChI=1S/C18H26N4O6/c1-11-13(6-5-8-19-11)14-10-12(7-9-22(14)17(25)26)15(23)28-21-20-16(24)27-18(2,3)4/h5-6,8,12,14,21H,7,9-10H2,1-4H3,(H,20,24)(H,25,26). The highest BCUT2D eigenvalue weighted by Gasteiger charge is 2.37. The lowest BCUT2D eigenvalue weighted by Crippen LogP contribution is -2.46. The molecule has 2 rings (SSSR count). The Hall–Kier alpha value is -2.88. The lowest BCUT2D eigenvalue weighted by molar-refractivity contribution is -0.160. The number of amides is 2. The van der Waals surface area contributed by atoms with Crippen LogP contribution in [0.4, 0.5) is 9.59 Å². The fourth-order valence-corrected chi connectivity index (χ4v) is 3.06. The minimum absolute atomic E-state index is 0.188. The molecule has 10 heteroatoms. The van der Waals surface area contributed by atoms with Gasteiger partial charge >= 0.3 is 18.2 Å². The molecular weight excluding hydrogens is 368 g/mol. The zero-order chi connectivity index (χ0) is 20.9. The second-order valence-corrected chi connectivity index (χ2v) is 7.54. The Morgan fingerprint density at radius 2 is 2.04 bits per heavy atom. The molecule has 2 atom stereocenters. The second-order valence-electron chi connectivity index (χ2n) is 7.54. The summed E-state index contributed by atoms with van der Waals surface area (Å²) < 4.78 is 5.01. The summed E-state index contributed by atoms with van der Waals surface area (Å²) in [6, 6.07) is 3.03. The van der Waals surface area contributed by atoms with Gasteiger partial charge in [0.1, 0.15) is 5.60 Å². The Morgan fingerprint density at radius 3 is 2.64 bits per heavy atom. The van der Waals surface area contributed by atoms with Gasteiger partial charge in [0.2, 0.25) is 0 Å². The number of piperidine rings is 1. The van der Waals surface area contributed by atoms with Crippen molar-refractivity contribution in [2.75, 3.05) is 6.54 Å². The molecule has 2 heterocycles. The van der Waals surface area contributed by atoms with Gasteiger partial charge in [0.05, 0.1) is 12.0 Å². The van der Waals surface area contributed by atoms with Crippen LogP contribution in [0.1, 0.15) is 50.9 Å². The van der Waals surface area contributed by atoms with Crippen molar-refractivity contribution in [3.8, 4) is 0 Å². The Kier molecular flexibility index (Phi) is 6.79. The Balaban J connectivity index is 1.97. The predicted octanol–water partition coefficient (Wildman–Crippen LogP) is 2.31. The number of aryl methyl sites for hydroxylation is 1. The van der Waals surface area contributed by atoms with E-state index >= 15 is 0 Å². The lowest BCUT2D eigenvalue weighted by atomic mass is 9.87. The first-order valence-electron chi connectivity index (χ1n) is 8.94. The van der Waals surface area contributed by atoms with Gasteiger partial charge < -0.3 is 19.6 Å². The van der Waals surface area contributed by atoms with Crippen molar-refractivity contribution < 1.29 is 29.1 Å². The molecule has 1 aliphatic rings. The third-order valence-corrected chi connectivity index (χ3v) is 4.29. The van der Waals surface area contributed by atoms with Gasteiger partial charge in [-0.15, -0.1) is 0 Å². The molecule has 0 radical (unpaired) electrons. The minimum Gasteiger partial charge on any atom is -0.465 e. The van der Waals surface area contributed by atoms with Gasteiger partial charge in [-0.1, -0.05) is 11.7 Å². The van der Waals surface area contributed by atoms with Crippen LogP contribution in [0, 0.1) is 12.8 Å². The number of pyridine rings is 1. The number of carbonyl (C=O) groups excluding carboxylic acids is 2. The SMILES string of the molecule is Cc1ncccc1C1CC(C(=O)ONNC(=O)OC(C)(C)C)CCN1C(=O)O. The number of rotatable bonds is 4. The molecule has 2 unspecified atom stereocenters. The molecule has 1 saturated heterocycles. The quantitative estimate of drug-likeness (QED) is 0.663. The first-order valence-corrected chi connectivity index (χ1v) is 8.94. The molecule has 0 aromatic carbocycles. The van der Waals surface area contributed by atoms with Crippen LogP contribution in [0.3, 0.4) is 0 Å². The molecule has 2 amide bonds. The molecule has 1 fully saturated rings. The molecule has 0 saturated carbocycles. The molecule has 154 valence electrons. The third-order valence-electron chi connectivity index (χ3n) is 4.29. The van der Waals surface area contributed by atoms with Crippen LogP contribution in [0.5, 0.6) is 0 Å². The molecule has 1 aromatic heterocycles. The Labute approximate surface area is 163 Å². The van der Waals surface area contributed by atoms with Crippen LogP contribution in [0.15, 0.2) is 18.3 Å². The molecule has 1 aliphatic heterocycles. The number of hydrazine groups is 1. The number of nitrogens with zero attached hydrogens (tertiary/aromatic N) is 2. The smallest absolute Gasteiger partial charge is 0.424 e. The summed E-state index contributed by atoms with van der Waals surface area (Å²) in [5.41, 5.74) is 4.98. The average molecular weight is 394 g/mol. The number of hydrogen-bond acceptors (Lipinski definition) is 7. The fourth-order valence-electron chi connectivity index (χ4n) is 3.06. The second kappa shape index (κ2) is 8.87. The van der Waals surface area contributed by atoms with Gasteiger partial charge in [0.15, 0.2) is 0 Å². The Morgan fingerprint density at radius 1 is 1.32 bits per heavy atom. The van der Waals surface area contributed by atoms with E-state index in [1.807, 2.05) is 0 Å². The average Bonchev–Trinajstić information content (AvgIpc) is 2.60. The van der Waals surface area contributed by atoms with Crippen LogP contribution < -0.4 is 11.0 Å². The molecule has 1 aromatic rings. The highest BCUT2D eigenvalue weighted by molar-refractivity contribution is 5.74. The summed E-state index contributed by atoms with van der Waals surface area (Å²) in [6.07, 6.45) is 0.362. The maximum absolute atomic E-state index is 12.3. The Bertz CT molecular complexity index is 733. The van der Waals surface area contributed by atoms with Crippen LogP contribution in [0.2, 0.25) is 0 Å². The van der Waals surface area contributed by atoms with E-state index in [9.17, 15) is 19.5 Å². The molecule has 28 heavy (non-hydrogen) atoms.